The molecule has 1 aromatic heterocycles. The van der Waals surface area contributed by atoms with Crippen LogP contribution in [-0.2, 0) is 4.79 Å². The van der Waals surface area contributed by atoms with E-state index in [2.05, 4.69) is 10.2 Å². The predicted molar refractivity (Wildman–Crippen MR) is 48.7 cm³/mol. The summed E-state index contributed by atoms with van der Waals surface area (Å²) in [7, 11) is 1.85. The Morgan fingerprint density at radius 2 is 2.54 bits per heavy atom. The fourth-order valence-electron chi connectivity index (χ4n) is 1.08. The van der Waals surface area contributed by atoms with Crippen molar-refractivity contribution in [1.82, 2.24) is 10.2 Å². The van der Waals surface area contributed by atoms with E-state index in [-0.39, 0.29) is 12.5 Å². The number of carboxylic acid groups (broad SMARTS) is 1. The fraction of sp³-hybridized carbons (Fsp3) is 0.500. The van der Waals surface area contributed by atoms with Gasteiger partial charge in [-0.1, -0.05) is 0 Å². The molecule has 0 saturated carbocycles. The highest BCUT2D eigenvalue weighted by atomic mass is 16.4. The number of aromatic amines is 1. The quantitative estimate of drug-likeness (QED) is 0.721. The van der Waals surface area contributed by atoms with E-state index in [0.29, 0.717) is 0 Å². The molecule has 0 spiro atoms. The van der Waals surface area contributed by atoms with Crippen molar-refractivity contribution < 1.29 is 9.90 Å². The number of rotatable bonds is 4. The monoisotopic (exact) mass is 183 g/mol. The fourth-order valence-corrected chi connectivity index (χ4v) is 1.08. The standard InChI is InChI=1S/C8H13N3O2/c1-6(3-8(12)13)11(2)7-4-9-10-5-7/h4-6H,3H2,1-2H3,(H,9,10)(H,12,13). The number of carbonyl (C=O) groups is 1. The van der Waals surface area contributed by atoms with Crippen molar-refractivity contribution in [3.05, 3.63) is 12.4 Å². The molecular formula is C8H13N3O2. The maximum atomic E-state index is 10.4. The topological polar surface area (TPSA) is 69.2 Å². The first-order chi connectivity index (χ1) is 6.11. The zero-order valence-corrected chi connectivity index (χ0v) is 7.69. The molecule has 1 heterocycles. The lowest BCUT2D eigenvalue weighted by Crippen LogP contribution is -2.30. The van der Waals surface area contributed by atoms with E-state index in [9.17, 15) is 4.79 Å². The first-order valence-corrected chi connectivity index (χ1v) is 4.04. The normalized spacial score (nSPS) is 12.5. The van der Waals surface area contributed by atoms with E-state index in [1.165, 1.54) is 0 Å². The average Bonchev–Trinajstić information content (AvgIpc) is 2.53. The van der Waals surface area contributed by atoms with Crippen molar-refractivity contribution in [3.63, 3.8) is 0 Å². The second-order valence-corrected chi connectivity index (χ2v) is 3.01. The van der Waals surface area contributed by atoms with Crippen molar-refractivity contribution >= 4 is 11.7 Å². The Labute approximate surface area is 76.4 Å². The molecule has 1 rings (SSSR count). The van der Waals surface area contributed by atoms with Crippen LogP contribution in [0.2, 0.25) is 0 Å². The van der Waals surface area contributed by atoms with Crippen LogP contribution in [0.1, 0.15) is 13.3 Å². The van der Waals surface area contributed by atoms with Crippen LogP contribution in [-0.4, -0.2) is 34.4 Å². The molecular weight excluding hydrogens is 170 g/mol. The van der Waals surface area contributed by atoms with Gasteiger partial charge in [-0.3, -0.25) is 9.89 Å². The Hall–Kier alpha value is -1.52. The maximum absolute atomic E-state index is 10.4. The summed E-state index contributed by atoms with van der Waals surface area (Å²) in [5.74, 6) is -0.789. The van der Waals surface area contributed by atoms with Gasteiger partial charge in [-0.2, -0.15) is 5.10 Å². The van der Waals surface area contributed by atoms with Crippen molar-refractivity contribution in [2.75, 3.05) is 11.9 Å². The van der Waals surface area contributed by atoms with Gasteiger partial charge in [0.25, 0.3) is 0 Å². The highest BCUT2D eigenvalue weighted by Crippen LogP contribution is 2.13. The average molecular weight is 183 g/mol. The van der Waals surface area contributed by atoms with E-state index in [0.717, 1.165) is 5.69 Å². The van der Waals surface area contributed by atoms with E-state index in [1.807, 2.05) is 18.9 Å². The molecule has 1 unspecified atom stereocenters. The van der Waals surface area contributed by atoms with Crippen molar-refractivity contribution in [2.45, 2.75) is 19.4 Å². The largest absolute Gasteiger partial charge is 0.481 e. The summed E-state index contributed by atoms with van der Waals surface area (Å²) in [5, 5.41) is 15.1. The molecule has 0 aliphatic carbocycles. The molecule has 5 nitrogen and oxygen atoms in total. The summed E-state index contributed by atoms with van der Waals surface area (Å²) in [6.45, 7) is 1.86. The minimum absolute atomic E-state index is 0.0323. The Balaban J connectivity index is 2.57. The van der Waals surface area contributed by atoms with E-state index in [4.69, 9.17) is 5.11 Å². The molecule has 0 bridgehead atoms. The third kappa shape index (κ3) is 2.47. The van der Waals surface area contributed by atoms with Gasteiger partial charge in [0.15, 0.2) is 0 Å². The predicted octanol–water partition coefficient (Wildman–Crippen LogP) is 0.709. The first kappa shape index (κ1) is 9.57. The maximum Gasteiger partial charge on any atom is 0.305 e. The lowest BCUT2D eigenvalue weighted by Gasteiger charge is -2.23. The molecule has 5 heteroatoms. The van der Waals surface area contributed by atoms with Crippen LogP contribution in [0.5, 0.6) is 0 Å². The van der Waals surface area contributed by atoms with Crippen LogP contribution in [0.4, 0.5) is 5.69 Å². The lowest BCUT2D eigenvalue weighted by atomic mass is 10.2. The number of hydrogen-bond donors (Lipinski definition) is 2. The third-order valence-electron chi connectivity index (χ3n) is 2.02. The van der Waals surface area contributed by atoms with E-state index >= 15 is 0 Å². The Bertz CT molecular complexity index is 271. The minimum atomic E-state index is -0.789. The van der Waals surface area contributed by atoms with Gasteiger partial charge in [0.05, 0.1) is 18.3 Å². The number of nitrogens with one attached hydrogen (secondary N) is 1. The molecule has 13 heavy (non-hydrogen) atoms. The molecule has 0 radical (unpaired) electrons. The summed E-state index contributed by atoms with van der Waals surface area (Å²) >= 11 is 0. The summed E-state index contributed by atoms with van der Waals surface area (Å²) in [5.41, 5.74) is 0.897. The highest BCUT2D eigenvalue weighted by Gasteiger charge is 2.13. The number of aromatic nitrogens is 2. The molecule has 1 aromatic rings. The first-order valence-electron chi connectivity index (χ1n) is 4.04. The Morgan fingerprint density at radius 3 is 3.00 bits per heavy atom. The number of hydrogen-bond acceptors (Lipinski definition) is 3. The second-order valence-electron chi connectivity index (χ2n) is 3.01. The Morgan fingerprint density at radius 1 is 1.85 bits per heavy atom. The number of carboxylic acids is 1. The van der Waals surface area contributed by atoms with Crippen LogP contribution in [0.15, 0.2) is 12.4 Å². The number of aliphatic carboxylic acids is 1. The van der Waals surface area contributed by atoms with Gasteiger partial charge in [0.1, 0.15) is 0 Å². The van der Waals surface area contributed by atoms with Gasteiger partial charge < -0.3 is 10.0 Å². The van der Waals surface area contributed by atoms with Crippen molar-refractivity contribution in [2.24, 2.45) is 0 Å². The van der Waals surface area contributed by atoms with Gasteiger partial charge in [0.2, 0.25) is 0 Å². The number of nitrogens with zero attached hydrogens (tertiary/aromatic N) is 2. The van der Waals surface area contributed by atoms with Gasteiger partial charge in [0, 0.05) is 19.3 Å². The van der Waals surface area contributed by atoms with Crippen LogP contribution >= 0.6 is 0 Å². The molecule has 72 valence electrons. The van der Waals surface area contributed by atoms with Gasteiger partial charge in [-0.05, 0) is 6.92 Å². The molecule has 0 aliphatic rings. The van der Waals surface area contributed by atoms with Crippen LogP contribution in [0.3, 0.4) is 0 Å². The van der Waals surface area contributed by atoms with Crippen LogP contribution in [0.25, 0.3) is 0 Å². The molecule has 0 aliphatic heterocycles. The molecule has 0 aromatic carbocycles. The van der Waals surface area contributed by atoms with Gasteiger partial charge in [-0.15, -0.1) is 0 Å². The number of H-pyrrole nitrogens is 1. The summed E-state index contributed by atoms with van der Waals surface area (Å²) < 4.78 is 0. The smallest absolute Gasteiger partial charge is 0.305 e. The third-order valence-corrected chi connectivity index (χ3v) is 2.02. The highest BCUT2D eigenvalue weighted by molar-refractivity contribution is 5.68. The van der Waals surface area contributed by atoms with Crippen molar-refractivity contribution in [3.8, 4) is 0 Å². The summed E-state index contributed by atoms with van der Waals surface area (Å²) in [4.78, 5) is 12.3. The molecule has 1 atom stereocenters. The molecule has 0 saturated heterocycles. The van der Waals surface area contributed by atoms with Gasteiger partial charge in [-0.25, -0.2) is 0 Å². The molecule has 2 N–H and O–H groups in total. The summed E-state index contributed by atoms with van der Waals surface area (Å²) in [6.07, 6.45) is 3.53. The van der Waals surface area contributed by atoms with Crippen molar-refractivity contribution in [1.29, 1.82) is 0 Å². The second kappa shape index (κ2) is 3.93. The zero-order chi connectivity index (χ0) is 9.84. The molecule has 0 amide bonds. The zero-order valence-electron chi connectivity index (χ0n) is 7.69. The minimum Gasteiger partial charge on any atom is -0.481 e. The SMILES string of the molecule is CC(CC(=O)O)N(C)c1cn[nH]c1. The van der Waals surface area contributed by atoms with Crippen LogP contribution < -0.4 is 4.90 Å². The summed E-state index contributed by atoms with van der Waals surface area (Å²) in [6, 6.07) is -0.0323. The van der Waals surface area contributed by atoms with Crippen LogP contribution in [0, 0.1) is 0 Å². The Kier molecular flexibility index (Phi) is 2.89. The number of anilines is 1. The van der Waals surface area contributed by atoms with Gasteiger partial charge >= 0.3 is 5.97 Å². The lowest BCUT2D eigenvalue weighted by molar-refractivity contribution is -0.137. The molecule has 0 fully saturated rings. The van der Waals surface area contributed by atoms with E-state index < -0.39 is 5.97 Å². The van der Waals surface area contributed by atoms with E-state index in [1.54, 1.807) is 12.4 Å².